The molecule has 0 bridgehead atoms. The minimum atomic E-state index is -0.773. The molecule has 1 aromatic rings. The van der Waals surface area contributed by atoms with E-state index in [1.165, 1.54) is 7.11 Å². The minimum absolute atomic E-state index is 0.0777. The van der Waals surface area contributed by atoms with Crippen molar-refractivity contribution in [1.82, 2.24) is 0 Å². The fourth-order valence-electron chi connectivity index (χ4n) is 0.936. The molecular formula is C10H12ClNO3. The average Bonchev–Trinajstić information content (AvgIpc) is 2.26. The van der Waals surface area contributed by atoms with Gasteiger partial charge in [-0.1, -0.05) is 11.6 Å². The maximum Gasteiger partial charge on any atom is 0.326 e. The number of benzene rings is 1. The molecule has 0 saturated carbocycles. The van der Waals surface area contributed by atoms with Gasteiger partial charge in [0.25, 0.3) is 0 Å². The second-order valence-corrected chi connectivity index (χ2v) is 3.33. The summed E-state index contributed by atoms with van der Waals surface area (Å²) in [5.74, 6) is 0.114. The zero-order valence-corrected chi connectivity index (χ0v) is 9.03. The summed E-state index contributed by atoms with van der Waals surface area (Å²) < 4.78 is 9.72. The summed E-state index contributed by atoms with van der Waals surface area (Å²) >= 11 is 5.69. The van der Waals surface area contributed by atoms with E-state index in [1.54, 1.807) is 24.3 Å². The number of hydrogen-bond acceptors (Lipinski definition) is 4. The normalized spacial score (nSPS) is 11.9. The van der Waals surface area contributed by atoms with E-state index in [0.717, 1.165) is 0 Å². The van der Waals surface area contributed by atoms with E-state index >= 15 is 0 Å². The quantitative estimate of drug-likeness (QED) is 0.789. The Morgan fingerprint density at radius 3 is 2.60 bits per heavy atom. The summed E-state index contributed by atoms with van der Waals surface area (Å²) in [5, 5.41) is 0.625. The zero-order valence-electron chi connectivity index (χ0n) is 8.27. The van der Waals surface area contributed by atoms with Crippen molar-refractivity contribution in [2.75, 3.05) is 13.7 Å². The number of nitrogens with two attached hydrogens (primary N) is 1. The highest BCUT2D eigenvalue weighted by molar-refractivity contribution is 6.30. The largest absolute Gasteiger partial charge is 0.491 e. The molecule has 15 heavy (non-hydrogen) atoms. The van der Waals surface area contributed by atoms with E-state index in [2.05, 4.69) is 4.74 Å². The molecule has 0 fully saturated rings. The molecule has 0 heterocycles. The molecule has 0 radical (unpaired) electrons. The maximum absolute atomic E-state index is 10.9. The zero-order chi connectivity index (χ0) is 11.3. The predicted molar refractivity (Wildman–Crippen MR) is 56.9 cm³/mol. The van der Waals surface area contributed by atoms with Crippen LogP contribution in [0.5, 0.6) is 5.75 Å². The topological polar surface area (TPSA) is 61.5 Å². The van der Waals surface area contributed by atoms with Crippen molar-refractivity contribution in [3.05, 3.63) is 29.3 Å². The number of carbonyl (C=O) groups excluding carboxylic acids is 1. The molecule has 0 aromatic heterocycles. The van der Waals surface area contributed by atoms with E-state index in [4.69, 9.17) is 22.1 Å². The van der Waals surface area contributed by atoms with Gasteiger partial charge in [0.15, 0.2) is 0 Å². The lowest BCUT2D eigenvalue weighted by molar-refractivity contribution is -0.142. The van der Waals surface area contributed by atoms with Crippen LogP contribution in [0.1, 0.15) is 0 Å². The van der Waals surface area contributed by atoms with Gasteiger partial charge in [0.05, 0.1) is 7.11 Å². The predicted octanol–water partition coefficient (Wildman–Crippen LogP) is 1.22. The third-order valence-electron chi connectivity index (χ3n) is 1.75. The van der Waals surface area contributed by atoms with E-state index in [-0.39, 0.29) is 6.61 Å². The molecule has 0 aliphatic heterocycles. The second-order valence-electron chi connectivity index (χ2n) is 2.89. The SMILES string of the molecule is COC(=O)[C@H](N)COc1ccc(Cl)cc1. The van der Waals surface area contributed by atoms with E-state index in [9.17, 15) is 4.79 Å². The summed E-state index contributed by atoms with van der Waals surface area (Å²) in [6, 6.07) is 6.02. The molecule has 2 N–H and O–H groups in total. The summed E-state index contributed by atoms with van der Waals surface area (Å²) in [6.07, 6.45) is 0. The van der Waals surface area contributed by atoms with Crippen LogP contribution >= 0.6 is 11.6 Å². The Balaban J connectivity index is 2.43. The first-order valence-electron chi connectivity index (χ1n) is 4.35. The van der Waals surface area contributed by atoms with Crippen LogP contribution in [-0.2, 0) is 9.53 Å². The Kier molecular flexibility index (Phi) is 4.39. The second kappa shape index (κ2) is 5.58. The highest BCUT2D eigenvalue weighted by Crippen LogP contribution is 2.15. The molecule has 1 aromatic carbocycles. The standard InChI is InChI=1S/C10H12ClNO3/c1-14-10(13)9(12)6-15-8-4-2-7(11)3-5-8/h2-5,9H,6,12H2,1H3/t9-/m1/s1. The van der Waals surface area contributed by atoms with Gasteiger partial charge in [0.2, 0.25) is 0 Å². The van der Waals surface area contributed by atoms with Crippen LogP contribution in [0.2, 0.25) is 5.02 Å². The molecule has 1 rings (SSSR count). The molecule has 0 unspecified atom stereocenters. The molecule has 0 aliphatic rings. The lowest BCUT2D eigenvalue weighted by atomic mass is 10.3. The van der Waals surface area contributed by atoms with Crippen LogP contribution in [-0.4, -0.2) is 25.7 Å². The van der Waals surface area contributed by atoms with Gasteiger partial charge in [-0.05, 0) is 24.3 Å². The first-order chi connectivity index (χ1) is 7.13. The van der Waals surface area contributed by atoms with Gasteiger partial charge in [-0.15, -0.1) is 0 Å². The molecule has 4 nitrogen and oxygen atoms in total. The number of rotatable bonds is 4. The third kappa shape index (κ3) is 3.77. The molecule has 1 atom stereocenters. The summed E-state index contributed by atoms with van der Waals surface area (Å²) in [5.41, 5.74) is 5.48. The smallest absolute Gasteiger partial charge is 0.326 e. The van der Waals surface area contributed by atoms with Crippen molar-refractivity contribution < 1.29 is 14.3 Å². The fraction of sp³-hybridized carbons (Fsp3) is 0.300. The molecule has 5 heteroatoms. The van der Waals surface area contributed by atoms with Crippen molar-refractivity contribution in [1.29, 1.82) is 0 Å². The molecule has 0 spiro atoms. The Morgan fingerprint density at radius 2 is 2.07 bits per heavy atom. The minimum Gasteiger partial charge on any atom is -0.491 e. The Morgan fingerprint density at radius 1 is 1.47 bits per heavy atom. The van der Waals surface area contributed by atoms with E-state index in [0.29, 0.717) is 10.8 Å². The summed E-state index contributed by atoms with van der Waals surface area (Å²) in [6.45, 7) is 0.0777. The van der Waals surface area contributed by atoms with Crippen LogP contribution in [0, 0.1) is 0 Å². The Labute approximate surface area is 92.9 Å². The first-order valence-corrected chi connectivity index (χ1v) is 4.73. The molecular weight excluding hydrogens is 218 g/mol. The third-order valence-corrected chi connectivity index (χ3v) is 2.00. The van der Waals surface area contributed by atoms with Crippen molar-refractivity contribution in [2.45, 2.75) is 6.04 Å². The number of carbonyl (C=O) groups is 1. The first kappa shape index (κ1) is 11.8. The van der Waals surface area contributed by atoms with Gasteiger partial charge in [0, 0.05) is 5.02 Å². The average molecular weight is 230 g/mol. The van der Waals surface area contributed by atoms with Crippen LogP contribution in [0.25, 0.3) is 0 Å². The van der Waals surface area contributed by atoms with Crippen LogP contribution in [0.3, 0.4) is 0 Å². The van der Waals surface area contributed by atoms with Crippen LogP contribution in [0.4, 0.5) is 0 Å². The van der Waals surface area contributed by atoms with E-state index in [1.807, 2.05) is 0 Å². The number of hydrogen-bond donors (Lipinski definition) is 1. The monoisotopic (exact) mass is 229 g/mol. The van der Waals surface area contributed by atoms with Crippen molar-refractivity contribution in [2.24, 2.45) is 5.73 Å². The number of halogens is 1. The van der Waals surface area contributed by atoms with Crippen molar-refractivity contribution in [3.8, 4) is 5.75 Å². The number of esters is 1. The lowest BCUT2D eigenvalue weighted by Crippen LogP contribution is -2.37. The van der Waals surface area contributed by atoms with Crippen molar-refractivity contribution >= 4 is 17.6 Å². The fourth-order valence-corrected chi connectivity index (χ4v) is 1.06. The van der Waals surface area contributed by atoms with E-state index < -0.39 is 12.0 Å². The van der Waals surface area contributed by atoms with Gasteiger partial charge in [0.1, 0.15) is 18.4 Å². The van der Waals surface area contributed by atoms with Gasteiger partial charge < -0.3 is 15.2 Å². The van der Waals surface area contributed by atoms with Crippen LogP contribution in [0.15, 0.2) is 24.3 Å². The van der Waals surface area contributed by atoms with Crippen LogP contribution < -0.4 is 10.5 Å². The van der Waals surface area contributed by atoms with Gasteiger partial charge in [-0.25, -0.2) is 0 Å². The van der Waals surface area contributed by atoms with Gasteiger partial charge >= 0.3 is 5.97 Å². The summed E-state index contributed by atoms with van der Waals surface area (Å²) in [4.78, 5) is 10.9. The maximum atomic E-state index is 10.9. The Hall–Kier alpha value is -1.26. The molecule has 82 valence electrons. The Bertz CT molecular complexity index is 326. The summed E-state index contributed by atoms with van der Waals surface area (Å²) in [7, 11) is 1.28. The highest BCUT2D eigenvalue weighted by Gasteiger charge is 2.13. The highest BCUT2D eigenvalue weighted by atomic mass is 35.5. The van der Waals surface area contributed by atoms with Gasteiger partial charge in [-0.3, -0.25) is 4.79 Å². The molecule has 0 saturated heterocycles. The van der Waals surface area contributed by atoms with Gasteiger partial charge in [-0.2, -0.15) is 0 Å². The van der Waals surface area contributed by atoms with Crippen molar-refractivity contribution in [3.63, 3.8) is 0 Å². The molecule has 0 aliphatic carbocycles. The molecule has 0 amide bonds. The number of methoxy groups -OCH3 is 1. The number of ether oxygens (including phenoxy) is 2. The lowest BCUT2D eigenvalue weighted by Gasteiger charge is -2.10.